The van der Waals surface area contributed by atoms with Crippen LogP contribution in [-0.2, 0) is 10.1 Å². The van der Waals surface area contributed by atoms with E-state index >= 15 is 0 Å². The summed E-state index contributed by atoms with van der Waals surface area (Å²) in [5.74, 6) is -5.23. The van der Waals surface area contributed by atoms with E-state index in [0.717, 1.165) is 5.39 Å². The van der Waals surface area contributed by atoms with Crippen LogP contribution in [0.15, 0.2) is 42.5 Å². The number of hydrogen-bond donors (Lipinski definition) is 1. The lowest BCUT2D eigenvalue weighted by atomic mass is 10.1. The molecule has 0 unspecified atom stereocenters. The van der Waals surface area contributed by atoms with Gasteiger partial charge in [-0.3, -0.25) is 4.55 Å². The summed E-state index contributed by atoms with van der Waals surface area (Å²) in [5, 5.41) is -4.23. The van der Waals surface area contributed by atoms with Crippen LogP contribution < -0.4 is 4.74 Å². The molecule has 0 aliphatic heterocycles. The molecule has 0 saturated heterocycles. The van der Waals surface area contributed by atoms with Gasteiger partial charge in [0.25, 0.3) is 0 Å². The minimum atomic E-state index is -6.26. The molecule has 9 heteroatoms. The second-order valence-corrected chi connectivity index (χ2v) is 5.96. The Bertz CT molecular complexity index is 789. The van der Waals surface area contributed by atoms with Gasteiger partial charge in [0.05, 0.1) is 0 Å². The summed E-state index contributed by atoms with van der Waals surface area (Å²) in [6, 6.07) is 11.0. The fraction of sp³-hybridized carbons (Fsp3) is 0.231. The lowest BCUT2D eigenvalue weighted by Crippen LogP contribution is -2.50. The third kappa shape index (κ3) is 3.00. The highest BCUT2D eigenvalue weighted by molar-refractivity contribution is 7.87. The SMILES string of the molecule is O=S(=O)(O)C(F)(F)C(F)(F)COc1ccc2ccccc2c1. The summed E-state index contributed by atoms with van der Waals surface area (Å²) < 4.78 is 86.0. The molecule has 0 spiro atoms. The standard InChI is InChI=1S/C13H10F4O4S/c14-12(15,13(16,17)22(18,19)20)8-21-11-6-5-9-3-1-2-4-10(9)7-11/h1-7H,8H2,(H,18,19,20). The predicted molar refractivity (Wildman–Crippen MR) is 70.9 cm³/mol. The number of ether oxygens (including phenoxy) is 1. The molecule has 1 N–H and O–H groups in total. The van der Waals surface area contributed by atoms with E-state index in [0.29, 0.717) is 5.39 Å². The number of alkyl halides is 4. The molecule has 2 aromatic carbocycles. The molecule has 0 atom stereocenters. The summed E-state index contributed by atoms with van der Waals surface area (Å²) in [6.45, 7) is -1.90. The first-order valence-electron chi connectivity index (χ1n) is 5.89. The van der Waals surface area contributed by atoms with Gasteiger partial charge in [0.1, 0.15) is 5.75 Å². The number of fused-ring (bicyclic) bond motifs is 1. The molecule has 0 heterocycles. The Morgan fingerprint density at radius 3 is 2.18 bits per heavy atom. The second kappa shape index (κ2) is 5.40. The number of benzene rings is 2. The van der Waals surface area contributed by atoms with Gasteiger partial charge in [0.15, 0.2) is 6.61 Å². The molecule has 0 radical (unpaired) electrons. The molecule has 2 aromatic rings. The highest BCUT2D eigenvalue weighted by atomic mass is 32.2. The lowest BCUT2D eigenvalue weighted by Gasteiger charge is -2.23. The molecule has 22 heavy (non-hydrogen) atoms. The second-order valence-electron chi connectivity index (χ2n) is 4.49. The molecule has 0 saturated carbocycles. The fourth-order valence-corrected chi connectivity index (χ4v) is 2.14. The Balaban J connectivity index is 2.20. The minimum absolute atomic E-state index is 0.135. The van der Waals surface area contributed by atoms with E-state index in [2.05, 4.69) is 4.74 Å². The first kappa shape index (κ1) is 16.5. The minimum Gasteiger partial charge on any atom is -0.487 e. The summed E-state index contributed by atoms with van der Waals surface area (Å²) in [6.07, 6.45) is 0. The number of hydrogen-bond acceptors (Lipinski definition) is 3. The van der Waals surface area contributed by atoms with Gasteiger partial charge in [-0.15, -0.1) is 0 Å². The average molecular weight is 338 g/mol. The van der Waals surface area contributed by atoms with Crippen LogP contribution in [0.4, 0.5) is 17.6 Å². The number of rotatable bonds is 5. The normalized spacial score (nSPS) is 13.3. The van der Waals surface area contributed by atoms with Crippen LogP contribution in [0.5, 0.6) is 5.75 Å². The zero-order chi connectivity index (χ0) is 16.6. The molecule has 0 bridgehead atoms. The van der Waals surface area contributed by atoms with Gasteiger partial charge in [0, 0.05) is 0 Å². The van der Waals surface area contributed by atoms with Crippen LogP contribution in [0.2, 0.25) is 0 Å². The van der Waals surface area contributed by atoms with E-state index in [4.69, 9.17) is 4.55 Å². The molecular weight excluding hydrogens is 328 g/mol. The molecule has 0 amide bonds. The first-order valence-corrected chi connectivity index (χ1v) is 7.33. The molecule has 0 aliphatic rings. The van der Waals surface area contributed by atoms with E-state index in [-0.39, 0.29) is 5.75 Å². The molecular formula is C13H10F4O4S. The zero-order valence-corrected chi connectivity index (χ0v) is 11.7. The van der Waals surface area contributed by atoms with Crippen LogP contribution in [0.1, 0.15) is 0 Å². The van der Waals surface area contributed by atoms with Gasteiger partial charge >= 0.3 is 21.3 Å². The summed E-state index contributed by atoms with van der Waals surface area (Å²) in [4.78, 5) is 0. The van der Waals surface area contributed by atoms with Crippen LogP contribution in [-0.4, -0.2) is 30.8 Å². The van der Waals surface area contributed by atoms with E-state index in [1.807, 2.05) is 0 Å². The maximum atomic E-state index is 13.3. The molecule has 2 rings (SSSR count). The third-order valence-corrected chi connectivity index (χ3v) is 3.84. The topological polar surface area (TPSA) is 63.6 Å². The van der Waals surface area contributed by atoms with Crippen molar-refractivity contribution in [2.24, 2.45) is 0 Å². The molecule has 4 nitrogen and oxygen atoms in total. The van der Waals surface area contributed by atoms with Gasteiger partial charge in [0.2, 0.25) is 0 Å². The highest BCUT2D eigenvalue weighted by Crippen LogP contribution is 2.38. The summed E-state index contributed by atoms with van der Waals surface area (Å²) in [7, 11) is -6.26. The molecule has 0 fully saturated rings. The van der Waals surface area contributed by atoms with Crippen molar-refractivity contribution in [3.63, 3.8) is 0 Å². The van der Waals surface area contributed by atoms with Gasteiger partial charge in [-0.25, -0.2) is 0 Å². The van der Waals surface area contributed by atoms with Crippen molar-refractivity contribution in [1.29, 1.82) is 0 Å². The van der Waals surface area contributed by atoms with Crippen molar-refractivity contribution in [2.75, 3.05) is 6.61 Å². The molecule has 120 valence electrons. The van der Waals surface area contributed by atoms with E-state index in [1.54, 1.807) is 24.3 Å². The maximum absolute atomic E-state index is 13.3. The largest absolute Gasteiger partial charge is 0.487 e. The van der Waals surface area contributed by atoms with Crippen molar-refractivity contribution >= 4 is 20.9 Å². The maximum Gasteiger partial charge on any atom is 0.435 e. The zero-order valence-electron chi connectivity index (χ0n) is 10.8. The van der Waals surface area contributed by atoms with E-state index < -0.39 is 27.9 Å². The Morgan fingerprint density at radius 2 is 1.59 bits per heavy atom. The van der Waals surface area contributed by atoms with Crippen molar-refractivity contribution in [3.05, 3.63) is 42.5 Å². The van der Waals surface area contributed by atoms with Gasteiger partial charge in [-0.05, 0) is 22.9 Å². The Kier molecular flexibility index (Phi) is 4.05. The van der Waals surface area contributed by atoms with Crippen LogP contribution in [0, 0.1) is 0 Å². The Morgan fingerprint density at radius 1 is 1.00 bits per heavy atom. The van der Waals surface area contributed by atoms with Crippen molar-refractivity contribution in [2.45, 2.75) is 11.2 Å². The molecule has 0 aromatic heterocycles. The molecule has 0 aliphatic carbocycles. The number of halogens is 4. The van der Waals surface area contributed by atoms with E-state index in [9.17, 15) is 26.0 Å². The van der Waals surface area contributed by atoms with Crippen molar-refractivity contribution in [3.8, 4) is 5.75 Å². The monoisotopic (exact) mass is 338 g/mol. The van der Waals surface area contributed by atoms with Gasteiger partial charge < -0.3 is 4.74 Å². The third-order valence-electron chi connectivity index (χ3n) is 2.89. The Hall–Kier alpha value is -1.87. The highest BCUT2D eigenvalue weighted by Gasteiger charge is 2.66. The van der Waals surface area contributed by atoms with Crippen molar-refractivity contribution in [1.82, 2.24) is 0 Å². The van der Waals surface area contributed by atoms with Crippen LogP contribution >= 0.6 is 0 Å². The average Bonchev–Trinajstić information content (AvgIpc) is 2.43. The van der Waals surface area contributed by atoms with Crippen molar-refractivity contribution < 1.29 is 35.3 Å². The van der Waals surface area contributed by atoms with Crippen LogP contribution in [0.25, 0.3) is 10.8 Å². The smallest absolute Gasteiger partial charge is 0.435 e. The Labute approximate surface area is 123 Å². The summed E-state index contributed by atoms with van der Waals surface area (Å²) in [5.41, 5.74) is 0. The van der Waals surface area contributed by atoms with Gasteiger partial charge in [-0.2, -0.15) is 26.0 Å². The predicted octanol–water partition coefficient (Wildman–Crippen LogP) is 3.33. The van der Waals surface area contributed by atoms with Gasteiger partial charge in [-0.1, -0.05) is 30.3 Å². The van der Waals surface area contributed by atoms with Crippen LogP contribution in [0.3, 0.4) is 0 Å². The van der Waals surface area contributed by atoms with E-state index in [1.165, 1.54) is 18.2 Å². The fourth-order valence-electron chi connectivity index (χ4n) is 1.70. The lowest BCUT2D eigenvalue weighted by molar-refractivity contribution is -0.176. The first-order chi connectivity index (χ1) is 10.0. The quantitative estimate of drug-likeness (QED) is 0.671. The summed E-state index contributed by atoms with van der Waals surface area (Å²) >= 11 is 0.